The third-order valence-corrected chi connectivity index (χ3v) is 3.32. The average Bonchev–Trinajstić information content (AvgIpc) is 2.15. The molecule has 0 aliphatic rings. The SMILES string of the molecule is CC(Cl)CN(C)C(=O)c1ccc(Br)cc1Br. The van der Waals surface area contributed by atoms with Crippen molar-refractivity contribution in [3.63, 3.8) is 0 Å². The summed E-state index contributed by atoms with van der Waals surface area (Å²) in [5, 5.41) is -0.0526. The molecular formula is C11H12Br2ClNO. The van der Waals surface area contributed by atoms with Crippen LogP contribution in [0.3, 0.4) is 0 Å². The standard InChI is InChI=1S/C11H12Br2ClNO/c1-7(14)6-15(2)11(16)9-4-3-8(12)5-10(9)13/h3-5,7H,6H2,1-2H3. The first-order valence-corrected chi connectivity index (χ1v) is 6.78. The van der Waals surface area contributed by atoms with E-state index in [1.807, 2.05) is 19.1 Å². The minimum absolute atomic E-state index is 0.0353. The van der Waals surface area contributed by atoms with Gasteiger partial charge in [0.1, 0.15) is 0 Å². The van der Waals surface area contributed by atoms with Gasteiger partial charge in [0.15, 0.2) is 0 Å². The fourth-order valence-corrected chi connectivity index (χ4v) is 2.75. The highest BCUT2D eigenvalue weighted by molar-refractivity contribution is 9.11. The first-order valence-electron chi connectivity index (χ1n) is 4.76. The van der Waals surface area contributed by atoms with E-state index in [1.54, 1.807) is 18.0 Å². The molecular weight excluding hydrogens is 357 g/mol. The van der Waals surface area contributed by atoms with E-state index in [1.165, 1.54) is 0 Å². The molecule has 1 atom stereocenters. The Balaban J connectivity index is 2.88. The van der Waals surface area contributed by atoms with Crippen molar-refractivity contribution in [1.82, 2.24) is 4.90 Å². The Morgan fingerprint density at radius 3 is 2.62 bits per heavy atom. The van der Waals surface area contributed by atoms with Crippen LogP contribution in [0.2, 0.25) is 0 Å². The molecule has 0 saturated heterocycles. The van der Waals surface area contributed by atoms with Gasteiger partial charge >= 0.3 is 0 Å². The third kappa shape index (κ3) is 3.75. The van der Waals surface area contributed by atoms with Gasteiger partial charge in [-0.05, 0) is 41.1 Å². The van der Waals surface area contributed by atoms with Crippen molar-refractivity contribution in [3.8, 4) is 0 Å². The largest absolute Gasteiger partial charge is 0.340 e. The number of hydrogen-bond acceptors (Lipinski definition) is 1. The Hall–Kier alpha value is -0.0600. The molecule has 0 heterocycles. The van der Waals surface area contributed by atoms with Crippen LogP contribution in [0.25, 0.3) is 0 Å². The summed E-state index contributed by atoms with van der Waals surface area (Å²) in [6.07, 6.45) is 0. The molecule has 0 N–H and O–H groups in total. The Morgan fingerprint density at radius 1 is 1.50 bits per heavy atom. The van der Waals surface area contributed by atoms with Crippen LogP contribution in [0.5, 0.6) is 0 Å². The molecule has 5 heteroatoms. The molecule has 0 spiro atoms. The molecule has 0 aliphatic carbocycles. The molecule has 0 aliphatic heterocycles. The topological polar surface area (TPSA) is 20.3 Å². The molecule has 0 fully saturated rings. The number of nitrogens with zero attached hydrogens (tertiary/aromatic N) is 1. The minimum atomic E-state index is -0.0526. The second kappa shape index (κ2) is 6.03. The first kappa shape index (κ1) is 14.0. The van der Waals surface area contributed by atoms with Crippen molar-refractivity contribution in [2.45, 2.75) is 12.3 Å². The van der Waals surface area contributed by atoms with Gasteiger partial charge in [-0.25, -0.2) is 0 Å². The number of carbonyl (C=O) groups is 1. The first-order chi connectivity index (χ1) is 7.41. The fourth-order valence-electron chi connectivity index (χ4n) is 1.33. The summed E-state index contributed by atoms with van der Waals surface area (Å²) in [4.78, 5) is 13.7. The molecule has 1 unspecified atom stereocenters. The van der Waals surface area contributed by atoms with E-state index in [2.05, 4.69) is 31.9 Å². The zero-order valence-electron chi connectivity index (χ0n) is 9.01. The van der Waals surface area contributed by atoms with E-state index in [4.69, 9.17) is 11.6 Å². The maximum absolute atomic E-state index is 12.0. The van der Waals surface area contributed by atoms with Gasteiger partial charge in [-0.15, -0.1) is 11.6 Å². The predicted octanol–water partition coefficient (Wildman–Crippen LogP) is 3.91. The van der Waals surface area contributed by atoms with Crippen LogP contribution in [-0.4, -0.2) is 29.8 Å². The molecule has 2 nitrogen and oxygen atoms in total. The Morgan fingerprint density at radius 2 is 2.12 bits per heavy atom. The quantitative estimate of drug-likeness (QED) is 0.740. The molecule has 0 saturated carbocycles. The summed E-state index contributed by atoms with van der Waals surface area (Å²) in [6.45, 7) is 2.39. The van der Waals surface area contributed by atoms with Crippen molar-refractivity contribution < 1.29 is 4.79 Å². The fraction of sp³-hybridized carbons (Fsp3) is 0.364. The highest BCUT2D eigenvalue weighted by Gasteiger charge is 2.16. The molecule has 0 aromatic heterocycles. The molecule has 1 amide bonds. The maximum Gasteiger partial charge on any atom is 0.254 e. The van der Waals surface area contributed by atoms with E-state index in [-0.39, 0.29) is 11.3 Å². The van der Waals surface area contributed by atoms with Gasteiger partial charge < -0.3 is 4.90 Å². The van der Waals surface area contributed by atoms with Crippen molar-refractivity contribution in [3.05, 3.63) is 32.7 Å². The van der Waals surface area contributed by atoms with E-state index < -0.39 is 0 Å². The molecule has 1 rings (SSSR count). The van der Waals surface area contributed by atoms with Crippen molar-refractivity contribution in [2.24, 2.45) is 0 Å². The maximum atomic E-state index is 12.0. The number of hydrogen-bond donors (Lipinski definition) is 0. The molecule has 0 radical (unpaired) electrons. The highest BCUT2D eigenvalue weighted by atomic mass is 79.9. The Bertz CT molecular complexity index is 396. The van der Waals surface area contributed by atoms with Gasteiger partial charge in [-0.3, -0.25) is 4.79 Å². The van der Waals surface area contributed by atoms with Crippen molar-refractivity contribution in [1.29, 1.82) is 0 Å². The van der Waals surface area contributed by atoms with Gasteiger partial charge in [-0.2, -0.15) is 0 Å². The van der Waals surface area contributed by atoms with Crippen molar-refractivity contribution >= 4 is 49.4 Å². The summed E-state index contributed by atoms with van der Waals surface area (Å²) in [5.74, 6) is -0.0353. The normalized spacial score (nSPS) is 12.3. The summed E-state index contributed by atoms with van der Waals surface area (Å²) >= 11 is 12.6. The lowest BCUT2D eigenvalue weighted by Crippen LogP contribution is -2.31. The zero-order valence-corrected chi connectivity index (χ0v) is 12.9. The zero-order chi connectivity index (χ0) is 12.3. The number of benzene rings is 1. The Kier molecular flexibility index (Phi) is 5.28. The van der Waals surface area contributed by atoms with Crippen LogP contribution in [-0.2, 0) is 0 Å². The van der Waals surface area contributed by atoms with Crippen LogP contribution < -0.4 is 0 Å². The predicted molar refractivity (Wildman–Crippen MR) is 74.1 cm³/mol. The van der Waals surface area contributed by atoms with E-state index in [9.17, 15) is 4.79 Å². The van der Waals surface area contributed by atoms with Crippen LogP contribution >= 0.6 is 43.5 Å². The third-order valence-electron chi connectivity index (χ3n) is 2.03. The average molecular weight is 369 g/mol. The summed E-state index contributed by atoms with van der Waals surface area (Å²) in [6, 6.07) is 5.48. The lowest BCUT2D eigenvalue weighted by molar-refractivity contribution is 0.0795. The van der Waals surface area contributed by atoms with Crippen LogP contribution in [0.15, 0.2) is 27.1 Å². The molecule has 1 aromatic carbocycles. The number of alkyl halides is 1. The minimum Gasteiger partial charge on any atom is -0.340 e. The van der Waals surface area contributed by atoms with Gasteiger partial charge in [-0.1, -0.05) is 15.9 Å². The summed E-state index contributed by atoms with van der Waals surface area (Å²) < 4.78 is 1.71. The number of halogens is 3. The Labute approximate surface area is 117 Å². The number of carbonyl (C=O) groups excluding carboxylic acids is 1. The van der Waals surface area contributed by atoms with E-state index >= 15 is 0 Å². The van der Waals surface area contributed by atoms with E-state index in [0.29, 0.717) is 12.1 Å². The monoisotopic (exact) mass is 367 g/mol. The summed E-state index contributed by atoms with van der Waals surface area (Å²) in [7, 11) is 1.75. The summed E-state index contributed by atoms with van der Waals surface area (Å²) in [5.41, 5.74) is 0.642. The lowest BCUT2D eigenvalue weighted by atomic mass is 10.2. The molecule has 16 heavy (non-hydrogen) atoms. The van der Waals surface area contributed by atoms with Crippen LogP contribution in [0.1, 0.15) is 17.3 Å². The van der Waals surface area contributed by atoms with Crippen LogP contribution in [0.4, 0.5) is 0 Å². The second-order valence-corrected chi connectivity index (χ2v) is 6.11. The smallest absolute Gasteiger partial charge is 0.254 e. The molecule has 88 valence electrons. The van der Waals surface area contributed by atoms with Crippen molar-refractivity contribution in [2.75, 3.05) is 13.6 Å². The number of amides is 1. The van der Waals surface area contributed by atoms with Gasteiger partial charge in [0.2, 0.25) is 0 Å². The lowest BCUT2D eigenvalue weighted by Gasteiger charge is -2.19. The van der Waals surface area contributed by atoms with Crippen LogP contribution in [0, 0.1) is 0 Å². The molecule has 0 bridgehead atoms. The van der Waals surface area contributed by atoms with Gasteiger partial charge in [0.25, 0.3) is 5.91 Å². The molecule has 1 aromatic rings. The van der Waals surface area contributed by atoms with E-state index in [0.717, 1.165) is 8.95 Å². The second-order valence-electron chi connectivity index (χ2n) is 3.59. The highest BCUT2D eigenvalue weighted by Crippen LogP contribution is 2.23. The van der Waals surface area contributed by atoms with Gasteiger partial charge in [0.05, 0.1) is 5.56 Å². The number of rotatable bonds is 3. The van der Waals surface area contributed by atoms with Gasteiger partial charge in [0, 0.05) is 27.9 Å².